The van der Waals surface area contributed by atoms with Gasteiger partial charge in [-0.3, -0.25) is 4.79 Å². The largest absolute Gasteiger partial charge is 0.465 e. The van der Waals surface area contributed by atoms with Gasteiger partial charge in [-0.2, -0.15) is 0 Å². The fourth-order valence-corrected chi connectivity index (χ4v) is 2.41. The Morgan fingerprint density at radius 1 is 1.41 bits per heavy atom. The molecule has 17 heavy (non-hydrogen) atoms. The lowest BCUT2D eigenvalue weighted by Gasteiger charge is -2.18. The zero-order chi connectivity index (χ0) is 12.8. The third-order valence-electron chi connectivity index (χ3n) is 3.93. The van der Waals surface area contributed by atoms with E-state index < -0.39 is 6.10 Å². The van der Waals surface area contributed by atoms with E-state index in [2.05, 4.69) is 13.8 Å². The molecule has 0 aromatic heterocycles. The topological polar surface area (TPSA) is 46.5 Å². The molecule has 4 unspecified atom stereocenters. The summed E-state index contributed by atoms with van der Waals surface area (Å²) in [5.41, 5.74) is 0. The van der Waals surface area contributed by atoms with E-state index in [0.29, 0.717) is 6.61 Å². The minimum Gasteiger partial charge on any atom is -0.465 e. The maximum absolute atomic E-state index is 11.4. The van der Waals surface area contributed by atoms with Gasteiger partial charge in [0.2, 0.25) is 0 Å². The Kier molecular flexibility index (Phi) is 5.96. The first kappa shape index (κ1) is 14.5. The van der Waals surface area contributed by atoms with Gasteiger partial charge < -0.3 is 9.84 Å². The van der Waals surface area contributed by atoms with Crippen molar-refractivity contribution in [2.45, 2.75) is 59.0 Å². The standard InChI is InChI=1S/C14H26O3/c1-4-10(2)7-5-6-8-12(15)13-11(3)9-17-14(13)16/h10-13,15H,4-9H2,1-3H3. The lowest BCUT2D eigenvalue weighted by atomic mass is 9.88. The van der Waals surface area contributed by atoms with Crippen LogP contribution in [0.5, 0.6) is 0 Å². The molecule has 0 bridgehead atoms. The average Bonchev–Trinajstić information content (AvgIpc) is 2.64. The van der Waals surface area contributed by atoms with E-state index >= 15 is 0 Å². The molecule has 0 spiro atoms. The van der Waals surface area contributed by atoms with Crippen molar-refractivity contribution in [2.75, 3.05) is 6.61 Å². The van der Waals surface area contributed by atoms with Crippen LogP contribution >= 0.6 is 0 Å². The minimum atomic E-state index is -0.517. The molecule has 1 aliphatic heterocycles. The number of carbonyl (C=O) groups excluding carboxylic acids is 1. The second kappa shape index (κ2) is 7.00. The van der Waals surface area contributed by atoms with Crippen molar-refractivity contribution in [3.8, 4) is 0 Å². The third-order valence-corrected chi connectivity index (χ3v) is 3.93. The lowest BCUT2D eigenvalue weighted by Crippen LogP contribution is -2.28. The smallest absolute Gasteiger partial charge is 0.311 e. The number of rotatable bonds is 7. The molecule has 0 aliphatic carbocycles. The monoisotopic (exact) mass is 242 g/mol. The molecule has 1 aliphatic rings. The highest BCUT2D eigenvalue weighted by Gasteiger charge is 2.38. The minimum absolute atomic E-state index is 0.159. The van der Waals surface area contributed by atoms with Gasteiger partial charge in [-0.15, -0.1) is 0 Å². The highest BCUT2D eigenvalue weighted by atomic mass is 16.5. The number of esters is 1. The molecule has 0 amide bonds. The van der Waals surface area contributed by atoms with Crippen LogP contribution in [0, 0.1) is 17.8 Å². The van der Waals surface area contributed by atoms with Crippen molar-refractivity contribution < 1.29 is 14.6 Å². The molecule has 1 heterocycles. The Morgan fingerprint density at radius 3 is 2.59 bits per heavy atom. The van der Waals surface area contributed by atoms with Crippen LogP contribution in [0.2, 0.25) is 0 Å². The predicted molar refractivity (Wildman–Crippen MR) is 67.5 cm³/mol. The molecular formula is C14H26O3. The number of unbranched alkanes of at least 4 members (excludes halogenated alkanes) is 1. The molecule has 100 valence electrons. The summed E-state index contributed by atoms with van der Waals surface area (Å²) < 4.78 is 4.96. The Bertz CT molecular complexity index is 240. The molecule has 1 fully saturated rings. The van der Waals surface area contributed by atoms with Gasteiger partial charge in [-0.1, -0.05) is 46.5 Å². The number of carbonyl (C=O) groups is 1. The number of hydrogen-bond donors (Lipinski definition) is 1. The molecule has 3 nitrogen and oxygen atoms in total. The third kappa shape index (κ3) is 4.30. The first-order valence-electron chi connectivity index (χ1n) is 6.91. The SMILES string of the molecule is CCC(C)CCCCC(O)C1C(=O)OCC1C. The quantitative estimate of drug-likeness (QED) is 0.551. The van der Waals surface area contributed by atoms with Gasteiger partial charge in [-0.25, -0.2) is 0 Å². The zero-order valence-corrected chi connectivity index (χ0v) is 11.3. The molecule has 0 aromatic rings. The maximum Gasteiger partial charge on any atom is 0.311 e. The zero-order valence-electron chi connectivity index (χ0n) is 11.3. The van der Waals surface area contributed by atoms with Crippen molar-refractivity contribution in [3.05, 3.63) is 0 Å². The van der Waals surface area contributed by atoms with Crippen LogP contribution in [-0.2, 0) is 9.53 Å². The summed E-state index contributed by atoms with van der Waals surface area (Å²) in [7, 11) is 0. The Balaban J connectivity index is 2.20. The Labute approximate surface area is 105 Å². The van der Waals surface area contributed by atoms with Crippen LogP contribution in [0.3, 0.4) is 0 Å². The van der Waals surface area contributed by atoms with Crippen LogP contribution in [0.25, 0.3) is 0 Å². The van der Waals surface area contributed by atoms with Crippen LogP contribution < -0.4 is 0 Å². The maximum atomic E-state index is 11.4. The van der Waals surface area contributed by atoms with Gasteiger partial charge >= 0.3 is 5.97 Å². The van der Waals surface area contributed by atoms with Crippen molar-refractivity contribution in [1.29, 1.82) is 0 Å². The molecule has 0 aromatic carbocycles. The summed E-state index contributed by atoms with van der Waals surface area (Å²) in [6.45, 7) is 6.90. The molecular weight excluding hydrogens is 216 g/mol. The first-order chi connectivity index (χ1) is 8.06. The van der Waals surface area contributed by atoms with Gasteiger partial charge in [0.05, 0.1) is 18.6 Å². The van der Waals surface area contributed by atoms with E-state index in [1.165, 1.54) is 12.8 Å². The second-order valence-corrected chi connectivity index (χ2v) is 5.50. The van der Waals surface area contributed by atoms with E-state index in [4.69, 9.17) is 4.74 Å². The second-order valence-electron chi connectivity index (χ2n) is 5.50. The summed E-state index contributed by atoms with van der Waals surface area (Å²) in [5.74, 6) is 0.417. The molecule has 1 N–H and O–H groups in total. The van der Waals surface area contributed by atoms with Crippen molar-refractivity contribution in [1.82, 2.24) is 0 Å². The number of ether oxygens (including phenoxy) is 1. The average molecular weight is 242 g/mol. The number of hydrogen-bond acceptors (Lipinski definition) is 3. The summed E-state index contributed by atoms with van der Waals surface area (Å²) in [6.07, 6.45) is 4.78. The number of cyclic esters (lactones) is 1. The van der Waals surface area contributed by atoms with Crippen LogP contribution in [0.1, 0.15) is 52.9 Å². The van der Waals surface area contributed by atoms with E-state index in [9.17, 15) is 9.90 Å². The summed E-state index contributed by atoms with van der Waals surface area (Å²) in [6, 6.07) is 0. The van der Waals surface area contributed by atoms with Gasteiger partial charge in [0.1, 0.15) is 0 Å². The Morgan fingerprint density at radius 2 is 2.06 bits per heavy atom. The fraction of sp³-hybridized carbons (Fsp3) is 0.929. The molecule has 0 saturated carbocycles. The van der Waals surface area contributed by atoms with Crippen molar-refractivity contribution in [3.63, 3.8) is 0 Å². The molecule has 1 rings (SSSR count). The van der Waals surface area contributed by atoms with Gasteiger partial charge in [0.25, 0.3) is 0 Å². The van der Waals surface area contributed by atoms with Crippen LogP contribution in [-0.4, -0.2) is 23.8 Å². The summed E-state index contributed by atoms with van der Waals surface area (Å²) in [5, 5.41) is 10.0. The number of aliphatic hydroxyl groups excluding tert-OH is 1. The Hall–Kier alpha value is -0.570. The van der Waals surface area contributed by atoms with E-state index in [1.54, 1.807) is 0 Å². The molecule has 3 heteroatoms. The van der Waals surface area contributed by atoms with E-state index in [-0.39, 0.29) is 17.8 Å². The highest BCUT2D eigenvalue weighted by molar-refractivity contribution is 5.75. The lowest BCUT2D eigenvalue weighted by molar-refractivity contribution is -0.144. The van der Waals surface area contributed by atoms with Crippen LogP contribution in [0.4, 0.5) is 0 Å². The van der Waals surface area contributed by atoms with Gasteiger partial charge in [0, 0.05) is 5.92 Å². The first-order valence-corrected chi connectivity index (χ1v) is 6.91. The van der Waals surface area contributed by atoms with E-state index in [1.807, 2.05) is 6.92 Å². The van der Waals surface area contributed by atoms with Gasteiger partial charge in [0.15, 0.2) is 0 Å². The van der Waals surface area contributed by atoms with Crippen molar-refractivity contribution in [2.24, 2.45) is 17.8 Å². The number of aliphatic hydroxyl groups is 1. The molecule has 1 saturated heterocycles. The molecule has 0 radical (unpaired) electrons. The predicted octanol–water partition coefficient (Wildman–Crippen LogP) is 2.76. The normalized spacial score (nSPS) is 27.9. The summed E-state index contributed by atoms with van der Waals surface area (Å²) in [4.78, 5) is 11.4. The van der Waals surface area contributed by atoms with E-state index in [0.717, 1.165) is 25.2 Å². The molecule has 4 atom stereocenters. The summed E-state index contributed by atoms with van der Waals surface area (Å²) >= 11 is 0. The fourth-order valence-electron chi connectivity index (χ4n) is 2.41. The highest BCUT2D eigenvalue weighted by Crippen LogP contribution is 2.27. The van der Waals surface area contributed by atoms with Gasteiger partial charge in [-0.05, 0) is 12.3 Å². The van der Waals surface area contributed by atoms with Crippen LogP contribution in [0.15, 0.2) is 0 Å². The van der Waals surface area contributed by atoms with Crippen molar-refractivity contribution >= 4 is 5.97 Å².